The molecule has 0 saturated carbocycles. The predicted octanol–water partition coefficient (Wildman–Crippen LogP) is 4.19. The van der Waals surface area contributed by atoms with Crippen molar-refractivity contribution < 1.29 is 4.39 Å². The number of aromatic nitrogens is 2. The molecule has 1 aromatic carbocycles. The van der Waals surface area contributed by atoms with E-state index in [1.807, 2.05) is 19.1 Å². The van der Waals surface area contributed by atoms with Crippen molar-refractivity contribution in [2.24, 2.45) is 0 Å². The molecule has 1 saturated heterocycles. The van der Waals surface area contributed by atoms with Crippen LogP contribution in [0, 0.1) is 12.7 Å². The minimum Gasteiger partial charge on any atom is -0.368 e. The number of benzene rings is 1. The van der Waals surface area contributed by atoms with Gasteiger partial charge in [0.05, 0.1) is 6.04 Å². The van der Waals surface area contributed by atoms with Crippen LogP contribution in [0.1, 0.15) is 55.5 Å². The largest absolute Gasteiger partial charge is 0.368 e. The van der Waals surface area contributed by atoms with Crippen LogP contribution in [0.4, 0.5) is 16.2 Å². The summed E-state index contributed by atoms with van der Waals surface area (Å²) in [4.78, 5) is 10.9. The number of aryl methyl sites for hydroxylation is 2. The van der Waals surface area contributed by atoms with Gasteiger partial charge >= 0.3 is 0 Å². The highest BCUT2D eigenvalue weighted by molar-refractivity contribution is 5.47. The zero-order valence-corrected chi connectivity index (χ0v) is 14.4. The molecule has 0 aliphatic carbocycles. The number of halogens is 1. The highest BCUT2D eigenvalue weighted by Crippen LogP contribution is 2.35. The smallest absolute Gasteiger partial charge is 0.222 e. The van der Waals surface area contributed by atoms with Crippen molar-refractivity contribution in [2.45, 2.75) is 52.0 Å². The van der Waals surface area contributed by atoms with Gasteiger partial charge in [0.2, 0.25) is 5.95 Å². The van der Waals surface area contributed by atoms with E-state index in [0.717, 1.165) is 49.3 Å². The van der Waals surface area contributed by atoms with Gasteiger partial charge in [0.25, 0.3) is 0 Å². The molecule has 24 heavy (non-hydrogen) atoms. The second kappa shape index (κ2) is 7.16. The molecule has 1 unspecified atom stereocenters. The van der Waals surface area contributed by atoms with Crippen molar-refractivity contribution in [1.29, 1.82) is 0 Å². The van der Waals surface area contributed by atoms with E-state index in [0.29, 0.717) is 5.95 Å². The van der Waals surface area contributed by atoms with E-state index in [1.165, 1.54) is 12.0 Å². The molecule has 1 atom stereocenters. The minimum atomic E-state index is -0.176. The Morgan fingerprint density at radius 1 is 1.21 bits per heavy atom. The lowest BCUT2D eigenvalue weighted by Gasteiger charge is -2.33. The third-order valence-corrected chi connectivity index (χ3v) is 4.75. The second-order valence-corrected chi connectivity index (χ2v) is 6.48. The summed E-state index contributed by atoms with van der Waals surface area (Å²) in [6.07, 6.45) is 5.32. The Balaban J connectivity index is 2.06. The average Bonchev–Trinajstić information content (AvgIpc) is 2.79. The highest BCUT2D eigenvalue weighted by Gasteiger charge is 2.26. The summed E-state index contributed by atoms with van der Waals surface area (Å²) in [6.45, 7) is 4.94. The number of hydrogen-bond donors (Lipinski definition) is 1. The Kier molecular flexibility index (Phi) is 4.97. The van der Waals surface area contributed by atoms with E-state index in [9.17, 15) is 4.39 Å². The summed E-state index contributed by atoms with van der Waals surface area (Å²) in [5, 5.41) is 0. The van der Waals surface area contributed by atoms with Crippen LogP contribution < -0.4 is 10.6 Å². The molecule has 1 aliphatic heterocycles. The normalized spacial score (nSPS) is 18.5. The van der Waals surface area contributed by atoms with Gasteiger partial charge in [-0.1, -0.05) is 25.8 Å². The van der Waals surface area contributed by atoms with Gasteiger partial charge in [-0.2, -0.15) is 4.98 Å². The number of hydrogen-bond acceptors (Lipinski definition) is 4. The third-order valence-electron chi connectivity index (χ3n) is 4.75. The standard InChI is InChI=1S/C19H25FN4/c1-3-14-8-9-15(20)12-16(14)17-7-5-4-6-10-24(17)18-11-13(2)22-19(21)23-18/h8-9,11-12,17H,3-7,10H2,1-2H3,(H2,21,22,23). The van der Waals surface area contributed by atoms with Crippen LogP contribution in [0.25, 0.3) is 0 Å². The van der Waals surface area contributed by atoms with E-state index >= 15 is 0 Å². The fourth-order valence-corrected chi connectivity index (χ4v) is 3.63. The zero-order valence-electron chi connectivity index (χ0n) is 14.4. The van der Waals surface area contributed by atoms with Gasteiger partial charge < -0.3 is 10.6 Å². The van der Waals surface area contributed by atoms with E-state index in [1.54, 1.807) is 12.1 Å². The Bertz CT molecular complexity index is 696. The van der Waals surface area contributed by atoms with E-state index in [2.05, 4.69) is 21.8 Å². The Morgan fingerprint density at radius 2 is 2.04 bits per heavy atom. The van der Waals surface area contributed by atoms with Gasteiger partial charge in [0.1, 0.15) is 11.6 Å². The van der Waals surface area contributed by atoms with Gasteiger partial charge in [-0.3, -0.25) is 0 Å². The molecular weight excluding hydrogens is 303 g/mol. The number of anilines is 2. The molecule has 2 N–H and O–H groups in total. The van der Waals surface area contributed by atoms with Crippen LogP contribution in [-0.4, -0.2) is 16.5 Å². The maximum Gasteiger partial charge on any atom is 0.222 e. The molecule has 0 radical (unpaired) electrons. The van der Waals surface area contributed by atoms with Crippen molar-refractivity contribution in [3.8, 4) is 0 Å². The van der Waals surface area contributed by atoms with Crippen LogP contribution in [0.15, 0.2) is 24.3 Å². The van der Waals surface area contributed by atoms with Crippen molar-refractivity contribution >= 4 is 11.8 Å². The first kappa shape index (κ1) is 16.7. The lowest BCUT2D eigenvalue weighted by atomic mass is 9.94. The summed E-state index contributed by atoms with van der Waals surface area (Å²) in [6, 6.07) is 7.26. The monoisotopic (exact) mass is 328 g/mol. The molecule has 0 spiro atoms. The van der Waals surface area contributed by atoms with Crippen LogP contribution in [-0.2, 0) is 6.42 Å². The fourth-order valence-electron chi connectivity index (χ4n) is 3.63. The highest BCUT2D eigenvalue weighted by atomic mass is 19.1. The minimum absolute atomic E-state index is 0.131. The molecule has 0 bridgehead atoms. The van der Waals surface area contributed by atoms with Crippen LogP contribution in [0.5, 0.6) is 0 Å². The van der Waals surface area contributed by atoms with Gasteiger partial charge in [0.15, 0.2) is 0 Å². The second-order valence-electron chi connectivity index (χ2n) is 6.48. The topological polar surface area (TPSA) is 55.0 Å². The van der Waals surface area contributed by atoms with E-state index in [-0.39, 0.29) is 11.9 Å². The van der Waals surface area contributed by atoms with Gasteiger partial charge in [-0.05, 0) is 49.4 Å². The molecule has 2 aromatic rings. The number of nitrogens with zero attached hydrogens (tertiary/aromatic N) is 3. The molecule has 128 valence electrons. The van der Waals surface area contributed by atoms with E-state index in [4.69, 9.17) is 5.73 Å². The lowest BCUT2D eigenvalue weighted by molar-refractivity contribution is 0.577. The molecule has 1 aromatic heterocycles. The number of nitrogen functional groups attached to an aromatic ring is 1. The number of nitrogens with two attached hydrogens (primary N) is 1. The molecule has 0 amide bonds. The SMILES string of the molecule is CCc1ccc(F)cc1C1CCCCCN1c1cc(C)nc(N)n1. The van der Waals surface area contributed by atoms with Gasteiger partial charge in [-0.25, -0.2) is 9.37 Å². The number of rotatable bonds is 3. The average molecular weight is 328 g/mol. The predicted molar refractivity (Wildman–Crippen MR) is 95.5 cm³/mol. The lowest BCUT2D eigenvalue weighted by Crippen LogP contribution is -2.30. The molecule has 1 fully saturated rings. The summed E-state index contributed by atoms with van der Waals surface area (Å²) in [5.74, 6) is 0.964. The quantitative estimate of drug-likeness (QED) is 0.918. The van der Waals surface area contributed by atoms with E-state index < -0.39 is 0 Å². The van der Waals surface area contributed by atoms with Gasteiger partial charge in [0, 0.05) is 18.3 Å². The maximum atomic E-state index is 13.9. The van der Waals surface area contributed by atoms with Crippen molar-refractivity contribution in [3.63, 3.8) is 0 Å². The maximum absolute atomic E-state index is 13.9. The van der Waals surface area contributed by atoms with Crippen molar-refractivity contribution in [1.82, 2.24) is 9.97 Å². The van der Waals surface area contributed by atoms with Crippen LogP contribution in [0.2, 0.25) is 0 Å². The molecule has 5 heteroatoms. The van der Waals surface area contributed by atoms with Gasteiger partial charge in [-0.15, -0.1) is 0 Å². The Labute approximate surface area is 142 Å². The van der Waals surface area contributed by atoms with Crippen molar-refractivity contribution in [3.05, 3.63) is 46.9 Å². The fraction of sp³-hybridized carbons (Fsp3) is 0.474. The first-order valence-electron chi connectivity index (χ1n) is 8.74. The molecule has 4 nitrogen and oxygen atoms in total. The first-order chi connectivity index (χ1) is 11.6. The van der Waals surface area contributed by atoms with Crippen LogP contribution in [0.3, 0.4) is 0 Å². The zero-order chi connectivity index (χ0) is 17.1. The Morgan fingerprint density at radius 3 is 2.79 bits per heavy atom. The summed E-state index contributed by atoms with van der Waals surface area (Å²) in [7, 11) is 0. The molecule has 2 heterocycles. The molecule has 1 aliphatic rings. The summed E-state index contributed by atoms with van der Waals surface area (Å²) in [5.41, 5.74) is 9.00. The Hall–Kier alpha value is -2.17. The first-order valence-corrected chi connectivity index (χ1v) is 8.74. The van der Waals surface area contributed by atoms with Crippen LogP contribution >= 0.6 is 0 Å². The summed E-state index contributed by atoms with van der Waals surface area (Å²) >= 11 is 0. The third kappa shape index (κ3) is 3.50. The molecule has 3 rings (SSSR count). The molecular formula is C19H25FN4. The van der Waals surface area contributed by atoms with Crippen molar-refractivity contribution in [2.75, 3.05) is 17.2 Å². The summed E-state index contributed by atoms with van der Waals surface area (Å²) < 4.78 is 13.9.